The fraction of sp³-hybridized carbons (Fsp3) is 0.857. The minimum absolute atomic E-state index is 0.319. The lowest BCUT2D eigenvalue weighted by molar-refractivity contribution is -0.122. The van der Waals surface area contributed by atoms with Gasteiger partial charge in [-0.1, -0.05) is 45.4 Å². The second-order valence-electron chi connectivity index (χ2n) is 5.41. The van der Waals surface area contributed by atoms with Crippen molar-refractivity contribution < 1.29 is 9.59 Å². The Labute approximate surface area is 194 Å². The van der Waals surface area contributed by atoms with E-state index >= 15 is 0 Å². The Balaban J connectivity index is 4.43. The molecule has 2 N–H and O–H groups in total. The molecule has 0 atom stereocenters. The van der Waals surface area contributed by atoms with Crippen LogP contribution in [0.25, 0.3) is 0 Å². The molecule has 0 aromatic carbocycles. The summed E-state index contributed by atoms with van der Waals surface area (Å²) < 4.78 is -2.10. The predicted octanol–water partition coefficient (Wildman–Crippen LogP) is 6.36. The van der Waals surface area contributed by atoms with E-state index in [1.807, 2.05) is 0 Å². The van der Waals surface area contributed by atoms with Gasteiger partial charge in [0.2, 0.25) is 4.29 Å². The first-order valence-electron chi connectivity index (χ1n) is 7.73. The smallest absolute Gasteiger partial charge is 0.260 e. The third-order valence-corrected chi connectivity index (χ3v) is 5.38. The number of carbonyl (C=O) groups excluding carboxylic acids is 2. The van der Waals surface area contributed by atoms with E-state index in [1.165, 1.54) is 32.1 Å². The lowest BCUT2D eigenvalue weighted by Crippen LogP contribution is -2.52. The molecule has 0 spiro atoms. The molecule has 0 heterocycles. The molecule has 0 aliphatic heterocycles. The first kappa shape index (κ1) is 25.8. The van der Waals surface area contributed by atoms with Crippen molar-refractivity contribution in [3.8, 4) is 0 Å². The van der Waals surface area contributed by atoms with E-state index in [-0.39, 0.29) is 11.8 Å². The maximum atomic E-state index is 12.1. The van der Waals surface area contributed by atoms with E-state index in [9.17, 15) is 9.59 Å². The molecular formula is C14H22Br6N2O2. The monoisotopic (exact) mass is 724 g/mol. The van der Waals surface area contributed by atoms with Crippen LogP contribution in [0.15, 0.2) is 0 Å². The first-order chi connectivity index (χ1) is 11.0. The minimum Gasteiger partial charge on any atom is -0.333 e. The summed E-state index contributed by atoms with van der Waals surface area (Å²) in [5.41, 5.74) is 0. The van der Waals surface area contributed by atoms with Gasteiger partial charge in [-0.3, -0.25) is 9.59 Å². The summed E-state index contributed by atoms with van der Waals surface area (Å²) in [6.07, 6.45) is 8.41. The summed E-state index contributed by atoms with van der Waals surface area (Å²) in [7, 11) is 0. The van der Waals surface area contributed by atoms with E-state index in [2.05, 4.69) is 113 Å². The Morgan fingerprint density at radius 1 is 0.750 bits per heavy atom. The highest BCUT2D eigenvalue weighted by atomic mass is 80.0. The first-order valence-corrected chi connectivity index (χ1v) is 12.5. The van der Waals surface area contributed by atoms with E-state index in [1.54, 1.807) is 0 Å². The van der Waals surface area contributed by atoms with Crippen LogP contribution in [0, 0.1) is 0 Å². The van der Waals surface area contributed by atoms with Gasteiger partial charge < -0.3 is 10.6 Å². The molecule has 4 nitrogen and oxygen atoms in total. The van der Waals surface area contributed by atoms with Gasteiger partial charge in [-0.25, -0.2) is 0 Å². The lowest BCUT2D eigenvalue weighted by atomic mass is 10.1. The van der Waals surface area contributed by atoms with Crippen molar-refractivity contribution in [3.05, 3.63) is 0 Å². The van der Waals surface area contributed by atoms with Crippen LogP contribution in [0.2, 0.25) is 0 Å². The summed E-state index contributed by atoms with van der Waals surface area (Å²) in [5, 5.41) is 5.59. The number of nitrogens with one attached hydrogen (secondary N) is 2. The summed E-state index contributed by atoms with van der Waals surface area (Å²) in [4.78, 5) is 24.2. The second kappa shape index (κ2) is 13.1. The Morgan fingerprint density at radius 2 is 1.12 bits per heavy atom. The standard InChI is InChI=1S/C14H22Br6N2O2/c1-2-3-4-5-6-7-8-9-10(21-11(23)13(15,16)17)22-12(24)14(18,19)20/h10H,2-9H2,1H3,(H,21,23)(H,22,24). The molecule has 10 heteroatoms. The average Bonchev–Trinajstić information content (AvgIpc) is 2.43. The van der Waals surface area contributed by atoms with Crippen molar-refractivity contribution in [3.63, 3.8) is 0 Å². The predicted molar refractivity (Wildman–Crippen MR) is 122 cm³/mol. The van der Waals surface area contributed by atoms with Crippen LogP contribution in [-0.4, -0.2) is 22.3 Å². The van der Waals surface area contributed by atoms with Crippen LogP contribution in [0.1, 0.15) is 58.3 Å². The second-order valence-corrected chi connectivity index (χ2v) is 18.9. The molecule has 0 bridgehead atoms. The molecule has 0 saturated heterocycles. The van der Waals surface area contributed by atoms with Crippen LogP contribution in [0.4, 0.5) is 0 Å². The van der Waals surface area contributed by atoms with Crippen LogP contribution in [-0.2, 0) is 9.59 Å². The molecule has 0 unspecified atom stereocenters. The normalized spacial score (nSPS) is 12.3. The van der Waals surface area contributed by atoms with Crippen LogP contribution in [0.5, 0.6) is 0 Å². The number of hydrogen-bond donors (Lipinski definition) is 2. The summed E-state index contributed by atoms with van der Waals surface area (Å²) in [5.74, 6) is -0.639. The highest BCUT2D eigenvalue weighted by Gasteiger charge is 2.33. The molecule has 0 aliphatic carbocycles. The van der Waals surface area contributed by atoms with Gasteiger partial charge in [0, 0.05) is 0 Å². The number of carbonyl (C=O) groups is 2. The highest BCUT2D eigenvalue weighted by molar-refractivity contribution is 9.40. The Bertz CT molecular complexity index is 368. The van der Waals surface area contributed by atoms with Gasteiger partial charge in [-0.15, -0.1) is 0 Å². The fourth-order valence-corrected chi connectivity index (χ4v) is 2.65. The number of amides is 2. The van der Waals surface area contributed by atoms with Crippen molar-refractivity contribution in [1.29, 1.82) is 0 Å². The molecule has 0 radical (unpaired) electrons. The average molecular weight is 730 g/mol. The number of alkyl halides is 6. The zero-order chi connectivity index (χ0) is 18.8. The quantitative estimate of drug-likeness (QED) is 0.156. The van der Waals surface area contributed by atoms with Crippen molar-refractivity contribution in [2.24, 2.45) is 0 Å². The molecule has 0 rings (SSSR count). The van der Waals surface area contributed by atoms with Crippen LogP contribution in [0.3, 0.4) is 0 Å². The van der Waals surface area contributed by atoms with Crippen molar-refractivity contribution in [1.82, 2.24) is 10.6 Å². The molecule has 0 aromatic rings. The number of rotatable bonds is 10. The van der Waals surface area contributed by atoms with E-state index in [4.69, 9.17) is 0 Å². The molecule has 24 heavy (non-hydrogen) atoms. The minimum atomic E-state index is -1.05. The van der Waals surface area contributed by atoms with Crippen LogP contribution >= 0.6 is 95.6 Å². The maximum Gasteiger partial charge on any atom is 0.260 e. The van der Waals surface area contributed by atoms with Gasteiger partial charge in [0.05, 0.1) is 0 Å². The Morgan fingerprint density at radius 3 is 1.50 bits per heavy atom. The fourth-order valence-electron chi connectivity index (χ4n) is 1.97. The topological polar surface area (TPSA) is 58.2 Å². The SMILES string of the molecule is CCCCCCCCCC(NC(=O)C(Br)(Br)Br)NC(=O)C(Br)(Br)Br. The molecule has 0 saturated carbocycles. The molecule has 142 valence electrons. The van der Waals surface area contributed by atoms with Gasteiger partial charge >= 0.3 is 0 Å². The van der Waals surface area contributed by atoms with Crippen molar-refractivity contribution in [2.75, 3.05) is 0 Å². The number of unbranched alkanes of at least 4 members (excludes halogenated alkanes) is 6. The van der Waals surface area contributed by atoms with Gasteiger partial charge in [-0.2, -0.15) is 0 Å². The summed E-state index contributed by atoms with van der Waals surface area (Å²) in [6.45, 7) is 2.20. The van der Waals surface area contributed by atoms with Crippen molar-refractivity contribution in [2.45, 2.75) is 68.7 Å². The van der Waals surface area contributed by atoms with Crippen LogP contribution < -0.4 is 10.6 Å². The Hall–Kier alpha value is 1.82. The zero-order valence-electron chi connectivity index (χ0n) is 13.3. The summed E-state index contributed by atoms with van der Waals surface area (Å²) in [6, 6.07) is 0. The van der Waals surface area contributed by atoms with Gasteiger partial charge in [-0.05, 0) is 108 Å². The molecule has 0 fully saturated rings. The number of hydrogen-bond acceptors (Lipinski definition) is 2. The van der Waals surface area contributed by atoms with E-state index < -0.39 is 10.5 Å². The number of halogens is 6. The molecule has 0 aromatic heterocycles. The van der Waals surface area contributed by atoms with E-state index in [0.717, 1.165) is 12.8 Å². The maximum absolute atomic E-state index is 12.1. The summed E-state index contributed by atoms with van der Waals surface area (Å²) >= 11 is 19.1. The van der Waals surface area contributed by atoms with Gasteiger partial charge in [0.1, 0.15) is 6.17 Å². The zero-order valence-corrected chi connectivity index (χ0v) is 22.8. The van der Waals surface area contributed by atoms with Gasteiger partial charge in [0.15, 0.2) is 0 Å². The van der Waals surface area contributed by atoms with Crippen molar-refractivity contribution >= 4 is 107 Å². The Kier molecular flexibility index (Phi) is 14.1. The third kappa shape index (κ3) is 13.1. The van der Waals surface area contributed by atoms with E-state index in [0.29, 0.717) is 6.42 Å². The molecular weight excluding hydrogens is 708 g/mol. The largest absolute Gasteiger partial charge is 0.333 e. The molecule has 2 amide bonds. The molecule has 0 aliphatic rings. The lowest BCUT2D eigenvalue weighted by Gasteiger charge is -2.24. The third-order valence-electron chi connectivity index (χ3n) is 3.22. The highest BCUT2D eigenvalue weighted by Crippen LogP contribution is 2.35. The van der Waals surface area contributed by atoms with Gasteiger partial charge in [0.25, 0.3) is 11.8 Å².